The van der Waals surface area contributed by atoms with Crippen molar-refractivity contribution < 1.29 is 28.6 Å². The fourth-order valence-corrected chi connectivity index (χ4v) is 4.06. The summed E-state index contributed by atoms with van der Waals surface area (Å²) in [5.74, 6) is -1.10. The van der Waals surface area contributed by atoms with Crippen molar-refractivity contribution in [3.8, 4) is 0 Å². The van der Waals surface area contributed by atoms with E-state index in [1.165, 1.54) is 6.92 Å². The van der Waals surface area contributed by atoms with Crippen LogP contribution in [0, 0.1) is 16.7 Å². The van der Waals surface area contributed by atoms with Crippen molar-refractivity contribution in [2.75, 3.05) is 39.5 Å². The zero-order chi connectivity index (χ0) is 22.8. The zero-order valence-electron chi connectivity index (χ0n) is 19.8. The highest BCUT2D eigenvalue weighted by Crippen LogP contribution is 2.39. The Bertz CT molecular complexity index is 565. The number of hydrogen-bond donors (Lipinski definition) is 0. The molecule has 0 spiro atoms. The topological polar surface area (TPSA) is 82.1 Å². The Hall–Kier alpha value is -1.63. The number of esters is 3. The number of likely N-dealkylation sites (tertiary alicyclic amines) is 1. The maximum Gasteiger partial charge on any atom is 0.313 e. The number of carbonyl (C=O) groups is 3. The molecule has 7 heteroatoms. The van der Waals surface area contributed by atoms with E-state index in [9.17, 15) is 14.4 Å². The lowest BCUT2D eigenvalue weighted by Gasteiger charge is -2.41. The predicted molar refractivity (Wildman–Crippen MR) is 115 cm³/mol. The fourth-order valence-electron chi connectivity index (χ4n) is 4.06. The molecule has 1 rings (SSSR count). The SMILES string of the molecule is CCCC(CN1CCCC1)(C(=O)OCCOC(C)=O)C(CC)COC(=O)C(C)(C)C. The number of nitrogens with zero attached hydrogens (tertiary/aromatic N) is 1. The Kier molecular flexibility index (Phi) is 10.8. The Morgan fingerprint density at radius 2 is 1.53 bits per heavy atom. The first-order valence-corrected chi connectivity index (χ1v) is 11.3. The van der Waals surface area contributed by atoms with Crippen molar-refractivity contribution in [2.45, 2.75) is 73.6 Å². The lowest BCUT2D eigenvalue weighted by atomic mass is 9.70. The maximum absolute atomic E-state index is 13.4. The van der Waals surface area contributed by atoms with E-state index in [0.717, 1.165) is 32.4 Å². The van der Waals surface area contributed by atoms with Crippen LogP contribution in [0.3, 0.4) is 0 Å². The Labute approximate surface area is 181 Å². The maximum atomic E-state index is 13.4. The van der Waals surface area contributed by atoms with Gasteiger partial charge in [0.05, 0.1) is 17.4 Å². The van der Waals surface area contributed by atoms with Crippen molar-refractivity contribution in [3.05, 3.63) is 0 Å². The molecule has 0 saturated carbocycles. The molecular formula is C23H41NO6. The molecule has 1 heterocycles. The molecule has 1 fully saturated rings. The van der Waals surface area contributed by atoms with Crippen LogP contribution in [0.15, 0.2) is 0 Å². The third-order valence-electron chi connectivity index (χ3n) is 5.73. The van der Waals surface area contributed by atoms with Crippen molar-refractivity contribution in [3.63, 3.8) is 0 Å². The smallest absolute Gasteiger partial charge is 0.313 e. The van der Waals surface area contributed by atoms with Crippen molar-refractivity contribution in [1.29, 1.82) is 0 Å². The van der Waals surface area contributed by atoms with Gasteiger partial charge in [-0.1, -0.05) is 20.3 Å². The molecule has 2 unspecified atom stereocenters. The van der Waals surface area contributed by atoms with Crippen LogP contribution >= 0.6 is 0 Å². The molecule has 0 radical (unpaired) electrons. The van der Waals surface area contributed by atoms with Crippen LogP contribution in [-0.4, -0.2) is 62.3 Å². The summed E-state index contributed by atoms with van der Waals surface area (Å²) in [6.07, 6.45) is 4.42. The van der Waals surface area contributed by atoms with Gasteiger partial charge in [0.25, 0.3) is 0 Å². The summed E-state index contributed by atoms with van der Waals surface area (Å²) in [6.45, 7) is 13.7. The number of rotatable bonds is 12. The van der Waals surface area contributed by atoms with Crippen LogP contribution < -0.4 is 0 Å². The summed E-state index contributed by atoms with van der Waals surface area (Å²) in [5.41, 5.74) is -1.35. The van der Waals surface area contributed by atoms with Gasteiger partial charge in [0.1, 0.15) is 13.2 Å². The van der Waals surface area contributed by atoms with E-state index in [0.29, 0.717) is 19.4 Å². The second kappa shape index (κ2) is 12.3. The minimum absolute atomic E-state index is 0.0299. The molecule has 0 aromatic carbocycles. The number of ether oxygens (including phenoxy) is 3. The van der Waals surface area contributed by atoms with Gasteiger partial charge in [-0.3, -0.25) is 14.4 Å². The summed E-state index contributed by atoms with van der Waals surface area (Å²) < 4.78 is 16.1. The van der Waals surface area contributed by atoms with Gasteiger partial charge in [-0.2, -0.15) is 0 Å². The van der Waals surface area contributed by atoms with Crippen molar-refractivity contribution in [2.24, 2.45) is 16.7 Å². The molecule has 0 aromatic heterocycles. The van der Waals surface area contributed by atoms with Crippen LogP contribution in [0.25, 0.3) is 0 Å². The zero-order valence-corrected chi connectivity index (χ0v) is 19.8. The van der Waals surface area contributed by atoms with E-state index in [2.05, 4.69) is 11.8 Å². The molecule has 1 aliphatic rings. The van der Waals surface area contributed by atoms with Gasteiger partial charge < -0.3 is 19.1 Å². The third kappa shape index (κ3) is 7.89. The van der Waals surface area contributed by atoms with Gasteiger partial charge in [0.15, 0.2) is 0 Å². The quantitative estimate of drug-likeness (QED) is 0.267. The monoisotopic (exact) mass is 427 g/mol. The second-order valence-electron chi connectivity index (χ2n) is 9.32. The van der Waals surface area contributed by atoms with Gasteiger partial charge in [0, 0.05) is 19.4 Å². The Balaban J connectivity index is 3.04. The van der Waals surface area contributed by atoms with E-state index < -0.39 is 16.8 Å². The first-order valence-electron chi connectivity index (χ1n) is 11.3. The highest BCUT2D eigenvalue weighted by molar-refractivity contribution is 5.78. The van der Waals surface area contributed by atoms with E-state index in [-0.39, 0.29) is 37.7 Å². The van der Waals surface area contributed by atoms with Crippen LogP contribution in [0.4, 0.5) is 0 Å². The number of carbonyl (C=O) groups excluding carboxylic acids is 3. The molecule has 30 heavy (non-hydrogen) atoms. The third-order valence-corrected chi connectivity index (χ3v) is 5.73. The average Bonchev–Trinajstić information content (AvgIpc) is 3.17. The van der Waals surface area contributed by atoms with Gasteiger partial charge >= 0.3 is 17.9 Å². The molecule has 174 valence electrons. The van der Waals surface area contributed by atoms with Gasteiger partial charge in [-0.05, 0) is 59.5 Å². The summed E-state index contributed by atoms with van der Waals surface area (Å²) in [6, 6.07) is 0. The van der Waals surface area contributed by atoms with Crippen LogP contribution in [0.2, 0.25) is 0 Å². The molecule has 0 amide bonds. The molecule has 0 N–H and O–H groups in total. The van der Waals surface area contributed by atoms with Crippen LogP contribution in [-0.2, 0) is 28.6 Å². The summed E-state index contributed by atoms with van der Waals surface area (Å²) in [4.78, 5) is 39.1. The van der Waals surface area contributed by atoms with E-state index >= 15 is 0 Å². The summed E-state index contributed by atoms with van der Waals surface area (Å²) >= 11 is 0. The molecule has 2 atom stereocenters. The van der Waals surface area contributed by atoms with Crippen LogP contribution in [0.5, 0.6) is 0 Å². The summed E-state index contributed by atoms with van der Waals surface area (Å²) in [7, 11) is 0. The minimum Gasteiger partial charge on any atom is -0.465 e. The van der Waals surface area contributed by atoms with Gasteiger partial charge in [-0.25, -0.2) is 0 Å². The molecular weight excluding hydrogens is 386 g/mol. The van der Waals surface area contributed by atoms with E-state index in [1.807, 2.05) is 27.7 Å². The molecule has 0 aromatic rings. The van der Waals surface area contributed by atoms with Crippen LogP contribution in [0.1, 0.15) is 73.6 Å². The Morgan fingerprint density at radius 3 is 2.03 bits per heavy atom. The lowest BCUT2D eigenvalue weighted by Crippen LogP contribution is -2.50. The van der Waals surface area contributed by atoms with E-state index in [1.54, 1.807) is 0 Å². The lowest BCUT2D eigenvalue weighted by molar-refractivity contribution is -0.171. The highest BCUT2D eigenvalue weighted by Gasteiger charge is 2.47. The molecule has 7 nitrogen and oxygen atoms in total. The van der Waals surface area contributed by atoms with Crippen molar-refractivity contribution in [1.82, 2.24) is 4.90 Å². The van der Waals surface area contributed by atoms with Gasteiger partial charge in [0.2, 0.25) is 0 Å². The molecule has 1 saturated heterocycles. The second-order valence-corrected chi connectivity index (χ2v) is 9.32. The molecule has 0 aliphatic carbocycles. The average molecular weight is 428 g/mol. The minimum atomic E-state index is -0.762. The first kappa shape index (κ1) is 26.4. The highest BCUT2D eigenvalue weighted by atomic mass is 16.6. The van der Waals surface area contributed by atoms with E-state index in [4.69, 9.17) is 14.2 Å². The fraction of sp³-hybridized carbons (Fsp3) is 0.870. The first-order chi connectivity index (χ1) is 14.1. The standard InChI is InChI=1S/C23H41NO6/c1-7-11-23(17-24-12-9-10-13-24,21(27)29-15-14-28-18(3)25)19(8-2)16-30-20(26)22(4,5)6/h19H,7-17H2,1-6H3. The summed E-state index contributed by atoms with van der Waals surface area (Å²) in [5, 5.41) is 0. The van der Waals surface area contributed by atoms with Gasteiger partial charge in [-0.15, -0.1) is 0 Å². The molecule has 1 aliphatic heterocycles. The largest absolute Gasteiger partial charge is 0.465 e. The molecule has 0 bridgehead atoms. The van der Waals surface area contributed by atoms with Crippen molar-refractivity contribution >= 4 is 17.9 Å². The predicted octanol–water partition coefficient (Wildman–Crippen LogP) is 3.59. The Morgan fingerprint density at radius 1 is 0.933 bits per heavy atom. The number of hydrogen-bond acceptors (Lipinski definition) is 7. The normalized spacial score (nSPS) is 17.8.